The topological polar surface area (TPSA) is 69.4 Å². The molecule has 7 nitrogen and oxygen atoms in total. The Morgan fingerprint density at radius 2 is 1.66 bits per heavy atom. The number of hydrogen-bond acceptors (Lipinski definition) is 6. The molecule has 0 radical (unpaired) electrons. The van der Waals surface area contributed by atoms with Gasteiger partial charge in [0.2, 0.25) is 0 Å². The van der Waals surface area contributed by atoms with E-state index in [0.29, 0.717) is 40.4 Å². The third-order valence-electron chi connectivity index (χ3n) is 7.24. The number of hydrogen-bond donors (Lipinski definition) is 0. The molecule has 0 spiro atoms. The van der Waals surface area contributed by atoms with Gasteiger partial charge >= 0.3 is 0 Å². The fourth-order valence-electron chi connectivity index (χ4n) is 5.06. The fraction of sp³-hybridized carbons (Fsp3) is 0.367. The molecule has 0 amide bonds. The Balaban J connectivity index is 1.26. The molecule has 4 aromatic rings. The van der Waals surface area contributed by atoms with Crippen molar-refractivity contribution in [1.82, 2.24) is 19.0 Å². The first-order valence-corrected chi connectivity index (χ1v) is 14.5. The summed E-state index contributed by atoms with van der Waals surface area (Å²) in [5.41, 5.74) is 2.96. The summed E-state index contributed by atoms with van der Waals surface area (Å²) >= 11 is 1.47. The lowest BCUT2D eigenvalue weighted by Crippen LogP contribution is -2.40. The second-order valence-electron chi connectivity index (χ2n) is 9.69. The van der Waals surface area contributed by atoms with E-state index < -0.39 is 0 Å². The molecule has 2 aromatic heterocycles. The van der Waals surface area contributed by atoms with Crippen LogP contribution in [0.1, 0.15) is 54.6 Å². The van der Waals surface area contributed by atoms with E-state index in [1.807, 2.05) is 78.5 Å². The minimum absolute atomic E-state index is 0.0149. The molecule has 1 aliphatic rings. The molecule has 0 saturated carbocycles. The minimum atomic E-state index is -0.0232. The van der Waals surface area contributed by atoms with E-state index in [0.717, 1.165) is 24.4 Å². The van der Waals surface area contributed by atoms with Gasteiger partial charge in [0.1, 0.15) is 17.6 Å². The Labute approximate surface area is 227 Å². The van der Waals surface area contributed by atoms with Gasteiger partial charge in [0.25, 0.3) is 5.56 Å². The van der Waals surface area contributed by atoms with Crippen molar-refractivity contribution < 1.29 is 9.53 Å². The summed E-state index contributed by atoms with van der Waals surface area (Å²) in [6, 6.07) is 16.9. The van der Waals surface area contributed by atoms with Crippen LogP contribution in [0.4, 0.5) is 0 Å². The average Bonchev–Trinajstić information content (AvgIpc) is 3.36. The highest BCUT2D eigenvalue weighted by atomic mass is 32.2. The standard InChI is InChI=1S/C30H34N4O3S/c1-4-34-29(36)26-16-19-33(28(26)31-30(34)38-3)20-22-8-10-23(11-9-22)27(35)24-12-14-25(15-13-24)37-21(2)32-17-6-5-7-18-32/h8-16,19,21H,4-7,17-18,20H2,1-3H3. The number of piperidine rings is 1. The summed E-state index contributed by atoms with van der Waals surface area (Å²) in [6.07, 6.45) is 7.59. The van der Waals surface area contributed by atoms with E-state index in [2.05, 4.69) is 11.8 Å². The molecule has 0 aliphatic carbocycles. The summed E-state index contributed by atoms with van der Waals surface area (Å²) in [7, 11) is 0. The van der Waals surface area contributed by atoms with Gasteiger partial charge in [0.05, 0.1) is 5.39 Å². The number of fused-ring (bicyclic) bond motifs is 1. The van der Waals surface area contributed by atoms with Crippen LogP contribution in [0.3, 0.4) is 0 Å². The van der Waals surface area contributed by atoms with Gasteiger partial charge < -0.3 is 9.30 Å². The maximum atomic E-state index is 13.1. The predicted octanol–water partition coefficient (Wildman–Crippen LogP) is 5.43. The number of ether oxygens (including phenoxy) is 1. The highest BCUT2D eigenvalue weighted by molar-refractivity contribution is 7.98. The van der Waals surface area contributed by atoms with Crippen LogP contribution in [0.25, 0.3) is 11.0 Å². The number of likely N-dealkylation sites (tertiary alicyclic amines) is 1. The van der Waals surface area contributed by atoms with E-state index >= 15 is 0 Å². The Bertz CT molecular complexity index is 1470. The Kier molecular flexibility index (Phi) is 8.00. The second kappa shape index (κ2) is 11.6. The zero-order valence-corrected chi connectivity index (χ0v) is 23.0. The first-order valence-electron chi connectivity index (χ1n) is 13.3. The quantitative estimate of drug-likeness (QED) is 0.163. The average molecular weight is 531 g/mol. The van der Waals surface area contributed by atoms with Crippen molar-refractivity contribution in [1.29, 1.82) is 0 Å². The van der Waals surface area contributed by atoms with Gasteiger partial charge in [-0.05, 0) is 68.8 Å². The maximum Gasteiger partial charge on any atom is 0.263 e. The molecule has 0 bridgehead atoms. The maximum absolute atomic E-state index is 13.1. The lowest BCUT2D eigenvalue weighted by Gasteiger charge is -2.32. The number of aromatic nitrogens is 3. The van der Waals surface area contributed by atoms with Crippen LogP contribution in [0.2, 0.25) is 0 Å². The van der Waals surface area contributed by atoms with E-state index in [-0.39, 0.29) is 17.6 Å². The number of nitrogens with zero attached hydrogens (tertiary/aromatic N) is 4. The molecule has 1 aliphatic heterocycles. The SMILES string of the molecule is CCn1c(SC)nc2c(ccn2Cc2ccc(C(=O)c3ccc(OC(C)N4CCCCC4)cc3)cc2)c1=O. The molecule has 38 heavy (non-hydrogen) atoms. The van der Waals surface area contributed by atoms with Crippen molar-refractivity contribution in [3.63, 3.8) is 0 Å². The number of benzene rings is 2. The Morgan fingerprint density at radius 1 is 1.00 bits per heavy atom. The van der Waals surface area contributed by atoms with Crippen LogP contribution in [-0.2, 0) is 13.1 Å². The third kappa shape index (κ3) is 5.42. The van der Waals surface area contributed by atoms with E-state index in [1.54, 1.807) is 4.57 Å². The Morgan fingerprint density at radius 3 is 2.29 bits per heavy atom. The van der Waals surface area contributed by atoms with Gasteiger partial charge in [-0.1, -0.05) is 42.4 Å². The molecular formula is C30H34N4O3S. The van der Waals surface area contributed by atoms with Crippen molar-refractivity contribution in [3.05, 3.63) is 87.8 Å². The number of rotatable bonds is 9. The molecule has 1 unspecified atom stereocenters. The first-order chi connectivity index (χ1) is 18.5. The third-order valence-corrected chi connectivity index (χ3v) is 7.91. The molecule has 1 atom stereocenters. The van der Waals surface area contributed by atoms with Crippen LogP contribution >= 0.6 is 11.8 Å². The summed E-state index contributed by atoms with van der Waals surface area (Å²) in [5.74, 6) is 0.753. The number of carbonyl (C=O) groups is 1. The van der Waals surface area contributed by atoms with Crippen LogP contribution in [0.15, 0.2) is 70.7 Å². The van der Waals surface area contributed by atoms with Gasteiger partial charge in [-0.3, -0.25) is 19.1 Å². The van der Waals surface area contributed by atoms with Gasteiger partial charge in [-0.2, -0.15) is 0 Å². The van der Waals surface area contributed by atoms with Gasteiger partial charge in [-0.15, -0.1) is 0 Å². The lowest BCUT2D eigenvalue weighted by atomic mass is 10.0. The van der Waals surface area contributed by atoms with Gasteiger partial charge in [-0.25, -0.2) is 4.98 Å². The minimum Gasteiger partial charge on any atom is -0.475 e. The van der Waals surface area contributed by atoms with Crippen molar-refractivity contribution in [2.45, 2.75) is 57.6 Å². The lowest BCUT2D eigenvalue weighted by molar-refractivity contribution is 0.0262. The fourth-order valence-corrected chi connectivity index (χ4v) is 5.67. The summed E-state index contributed by atoms with van der Waals surface area (Å²) in [4.78, 5) is 33.0. The summed E-state index contributed by atoms with van der Waals surface area (Å²) in [6.45, 7) is 7.33. The molecule has 8 heteroatoms. The predicted molar refractivity (Wildman–Crippen MR) is 152 cm³/mol. The van der Waals surface area contributed by atoms with Crippen molar-refractivity contribution in [2.75, 3.05) is 19.3 Å². The molecule has 1 saturated heterocycles. The first kappa shape index (κ1) is 26.3. The Hall–Kier alpha value is -3.36. The second-order valence-corrected chi connectivity index (χ2v) is 10.5. The number of ketones is 1. The molecule has 198 valence electrons. The van der Waals surface area contributed by atoms with Crippen molar-refractivity contribution in [3.8, 4) is 5.75 Å². The van der Waals surface area contributed by atoms with Crippen LogP contribution in [-0.4, -0.2) is 50.4 Å². The summed E-state index contributed by atoms with van der Waals surface area (Å²) in [5, 5.41) is 1.33. The van der Waals surface area contributed by atoms with Crippen LogP contribution < -0.4 is 10.3 Å². The van der Waals surface area contributed by atoms with E-state index in [1.165, 1.54) is 31.0 Å². The van der Waals surface area contributed by atoms with Crippen molar-refractivity contribution in [2.24, 2.45) is 0 Å². The highest BCUT2D eigenvalue weighted by Gasteiger charge is 2.18. The highest BCUT2D eigenvalue weighted by Crippen LogP contribution is 2.21. The zero-order valence-electron chi connectivity index (χ0n) is 22.2. The smallest absolute Gasteiger partial charge is 0.263 e. The largest absolute Gasteiger partial charge is 0.475 e. The molecular weight excluding hydrogens is 496 g/mol. The van der Waals surface area contributed by atoms with E-state index in [9.17, 15) is 9.59 Å². The van der Waals surface area contributed by atoms with Gasteiger partial charge in [0.15, 0.2) is 10.9 Å². The van der Waals surface area contributed by atoms with Crippen molar-refractivity contribution >= 4 is 28.6 Å². The van der Waals surface area contributed by atoms with Crippen LogP contribution in [0.5, 0.6) is 5.75 Å². The molecule has 2 aromatic carbocycles. The number of thioether (sulfide) groups is 1. The summed E-state index contributed by atoms with van der Waals surface area (Å²) < 4.78 is 9.79. The molecule has 1 fully saturated rings. The monoisotopic (exact) mass is 530 g/mol. The molecule has 3 heterocycles. The van der Waals surface area contributed by atoms with Crippen LogP contribution in [0, 0.1) is 0 Å². The molecule has 5 rings (SSSR count). The van der Waals surface area contributed by atoms with Gasteiger partial charge in [0, 0.05) is 43.5 Å². The zero-order chi connectivity index (χ0) is 26.6. The number of carbonyl (C=O) groups excluding carboxylic acids is 1. The van der Waals surface area contributed by atoms with E-state index in [4.69, 9.17) is 9.72 Å². The normalized spacial score (nSPS) is 15.0. The molecule has 0 N–H and O–H groups in total.